The lowest BCUT2D eigenvalue weighted by atomic mass is 9.64. The number of rotatable bonds is 6. The van der Waals surface area contributed by atoms with Gasteiger partial charge in [0.05, 0.1) is 24.7 Å². The average molecular weight is 413 g/mol. The molecule has 30 heavy (non-hydrogen) atoms. The molecule has 0 bridgehead atoms. The van der Waals surface area contributed by atoms with Gasteiger partial charge in [0.2, 0.25) is 6.41 Å². The van der Waals surface area contributed by atoms with Crippen LogP contribution in [-0.2, 0) is 10.2 Å². The highest BCUT2D eigenvalue weighted by Gasteiger charge is 2.47. The Balaban J connectivity index is 1.59. The van der Waals surface area contributed by atoms with E-state index < -0.39 is 0 Å². The van der Waals surface area contributed by atoms with Crippen molar-refractivity contribution in [2.24, 2.45) is 5.92 Å². The molecule has 1 aromatic carbocycles. The highest BCUT2D eigenvalue weighted by atomic mass is 16.2. The van der Waals surface area contributed by atoms with Crippen LogP contribution in [0.5, 0.6) is 0 Å². The fourth-order valence-corrected chi connectivity index (χ4v) is 6.32. The van der Waals surface area contributed by atoms with E-state index in [1.54, 1.807) is 4.90 Å². The van der Waals surface area contributed by atoms with Gasteiger partial charge in [-0.15, -0.1) is 0 Å². The van der Waals surface area contributed by atoms with Gasteiger partial charge in [0.15, 0.2) is 0 Å². The van der Waals surface area contributed by atoms with Gasteiger partial charge in [0, 0.05) is 50.9 Å². The third kappa shape index (κ3) is 3.94. The van der Waals surface area contributed by atoms with E-state index in [1.807, 2.05) is 7.05 Å². The number of benzene rings is 1. The Morgan fingerprint density at radius 2 is 1.87 bits per heavy atom. The van der Waals surface area contributed by atoms with Crippen molar-refractivity contribution in [3.63, 3.8) is 0 Å². The van der Waals surface area contributed by atoms with Gasteiger partial charge in [-0.1, -0.05) is 25.5 Å². The number of piperidine rings is 2. The Kier molecular flexibility index (Phi) is 6.31. The number of nitrogens with zero attached hydrogens (tertiary/aromatic N) is 2. The number of carbonyl (C=O) groups excluding carboxylic acids is 2. The lowest BCUT2D eigenvalue weighted by Crippen LogP contribution is -2.65. The first kappa shape index (κ1) is 21.5. The van der Waals surface area contributed by atoms with Crippen molar-refractivity contribution in [3.05, 3.63) is 35.4 Å². The van der Waals surface area contributed by atoms with Crippen LogP contribution in [0.15, 0.2) is 24.3 Å². The minimum Gasteiger partial charge on any atom is -0.347 e. The van der Waals surface area contributed by atoms with E-state index >= 15 is 0 Å². The summed E-state index contributed by atoms with van der Waals surface area (Å²) in [5, 5.41) is 3.47. The van der Waals surface area contributed by atoms with Gasteiger partial charge in [0.25, 0.3) is 0 Å². The SMILES string of the molecule is CC1CCC[N+](C(=O)c2ccc(C3(CN(C)C=O)CCC3)cc2)(C2CCNCC2)C1. The largest absolute Gasteiger partial charge is 0.347 e. The normalized spacial score (nSPS) is 29.1. The minimum atomic E-state index is 0.0676. The molecular formula is C25H38N3O2+. The molecule has 2 saturated heterocycles. The summed E-state index contributed by atoms with van der Waals surface area (Å²) >= 11 is 0. The van der Waals surface area contributed by atoms with Gasteiger partial charge < -0.3 is 10.2 Å². The van der Waals surface area contributed by atoms with Crippen molar-refractivity contribution < 1.29 is 14.1 Å². The van der Waals surface area contributed by atoms with Crippen molar-refractivity contribution >= 4 is 12.3 Å². The predicted molar refractivity (Wildman–Crippen MR) is 119 cm³/mol. The van der Waals surface area contributed by atoms with Gasteiger partial charge in [-0.05, 0) is 43.4 Å². The van der Waals surface area contributed by atoms with Crippen LogP contribution in [0.3, 0.4) is 0 Å². The molecule has 0 spiro atoms. The lowest BCUT2D eigenvalue weighted by Gasteiger charge is -2.48. The first-order valence-corrected chi connectivity index (χ1v) is 11.9. The second-order valence-corrected chi connectivity index (χ2v) is 10.2. The zero-order valence-corrected chi connectivity index (χ0v) is 18.7. The number of hydrogen-bond acceptors (Lipinski definition) is 3. The first-order chi connectivity index (χ1) is 14.5. The second-order valence-electron chi connectivity index (χ2n) is 10.2. The monoisotopic (exact) mass is 412 g/mol. The summed E-state index contributed by atoms with van der Waals surface area (Å²) in [4.78, 5) is 26.8. The standard InChI is InChI=1S/C25H38N3O2/c1-20-5-3-16-28(17-20,23-10-14-26-15-11-23)24(30)21-6-8-22(9-7-21)25(12-4-13-25)18-27(2)19-29/h6-9,19-20,23,26H,3-5,10-18H2,1-2H3/q+1. The Morgan fingerprint density at radius 3 is 2.43 bits per heavy atom. The van der Waals surface area contributed by atoms with Crippen LogP contribution in [-0.4, -0.2) is 67.5 Å². The molecule has 5 heteroatoms. The van der Waals surface area contributed by atoms with Crippen molar-refractivity contribution in [3.8, 4) is 0 Å². The molecule has 3 fully saturated rings. The van der Waals surface area contributed by atoms with E-state index in [1.165, 1.54) is 18.4 Å². The third-order valence-corrected chi connectivity index (χ3v) is 8.09. The third-order valence-electron chi connectivity index (χ3n) is 8.09. The molecule has 1 N–H and O–H groups in total. The first-order valence-electron chi connectivity index (χ1n) is 11.9. The Hall–Kier alpha value is -1.72. The van der Waals surface area contributed by atoms with E-state index in [0.29, 0.717) is 22.3 Å². The maximum Gasteiger partial charge on any atom is 0.346 e. The predicted octanol–water partition coefficient (Wildman–Crippen LogP) is 3.34. The van der Waals surface area contributed by atoms with Crippen LogP contribution in [0.25, 0.3) is 0 Å². The van der Waals surface area contributed by atoms with Crippen LogP contribution in [0.4, 0.5) is 0 Å². The summed E-state index contributed by atoms with van der Waals surface area (Å²) in [5.41, 5.74) is 2.21. The van der Waals surface area contributed by atoms with Gasteiger partial charge in [0.1, 0.15) is 0 Å². The molecule has 2 aliphatic heterocycles. The van der Waals surface area contributed by atoms with Gasteiger partial charge in [-0.3, -0.25) is 9.28 Å². The van der Waals surface area contributed by atoms with Crippen LogP contribution < -0.4 is 5.32 Å². The van der Waals surface area contributed by atoms with Crippen molar-refractivity contribution in [2.75, 3.05) is 39.8 Å². The van der Waals surface area contributed by atoms with E-state index in [4.69, 9.17) is 0 Å². The van der Waals surface area contributed by atoms with Crippen molar-refractivity contribution in [1.29, 1.82) is 0 Å². The highest BCUT2D eigenvalue weighted by molar-refractivity contribution is 5.89. The molecule has 1 saturated carbocycles. The summed E-state index contributed by atoms with van der Waals surface area (Å²) in [6.45, 7) is 7.10. The molecule has 2 amide bonds. The van der Waals surface area contributed by atoms with E-state index in [9.17, 15) is 9.59 Å². The molecule has 2 heterocycles. The summed E-state index contributed by atoms with van der Waals surface area (Å²) in [6, 6.07) is 8.91. The minimum absolute atomic E-state index is 0.0676. The fraction of sp³-hybridized carbons (Fsp3) is 0.680. The lowest BCUT2D eigenvalue weighted by molar-refractivity contribution is -0.884. The topological polar surface area (TPSA) is 49.4 Å². The second kappa shape index (κ2) is 8.80. The molecule has 0 aromatic heterocycles. The summed E-state index contributed by atoms with van der Waals surface area (Å²) in [7, 11) is 1.86. The number of likely N-dealkylation sites (tertiary alicyclic amines) is 1. The number of likely N-dealkylation sites (N-methyl/N-ethyl adjacent to an activating group) is 1. The zero-order chi connectivity index (χ0) is 21.2. The molecule has 4 rings (SSSR count). The molecule has 5 nitrogen and oxygen atoms in total. The van der Waals surface area contributed by atoms with E-state index in [-0.39, 0.29) is 5.41 Å². The maximum absolute atomic E-state index is 13.9. The smallest absolute Gasteiger partial charge is 0.346 e. The summed E-state index contributed by atoms with van der Waals surface area (Å²) in [5.74, 6) is 0.932. The van der Waals surface area contributed by atoms with Crippen molar-refractivity contribution in [2.45, 2.75) is 63.3 Å². The molecule has 0 radical (unpaired) electrons. The highest BCUT2D eigenvalue weighted by Crippen LogP contribution is 2.44. The molecular weight excluding hydrogens is 374 g/mol. The number of quaternary nitrogens is 1. The Labute approximate surface area is 181 Å². The van der Waals surface area contributed by atoms with Crippen LogP contribution >= 0.6 is 0 Å². The van der Waals surface area contributed by atoms with Gasteiger partial charge in [-0.2, -0.15) is 0 Å². The molecule has 2 unspecified atom stereocenters. The maximum atomic E-state index is 13.9. The van der Waals surface area contributed by atoms with Gasteiger partial charge >= 0.3 is 5.91 Å². The molecule has 1 aliphatic carbocycles. The Bertz CT molecular complexity index is 752. The van der Waals surface area contributed by atoms with Crippen LogP contribution in [0, 0.1) is 5.92 Å². The van der Waals surface area contributed by atoms with Crippen LogP contribution in [0.1, 0.15) is 67.8 Å². The number of nitrogens with one attached hydrogen (secondary N) is 1. The van der Waals surface area contributed by atoms with E-state index in [0.717, 1.165) is 76.8 Å². The molecule has 2 atom stereocenters. The fourth-order valence-electron chi connectivity index (χ4n) is 6.32. The van der Waals surface area contributed by atoms with Crippen molar-refractivity contribution in [1.82, 2.24) is 10.2 Å². The zero-order valence-electron chi connectivity index (χ0n) is 18.7. The van der Waals surface area contributed by atoms with E-state index in [2.05, 4.69) is 36.5 Å². The van der Waals surface area contributed by atoms with Gasteiger partial charge in [-0.25, -0.2) is 4.79 Å². The number of amides is 2. The molecule has 1 aromatic rings. The Morgan fingerprint density at radius 1 is 1.17 bits per heavy atom. The summed E-state index contributed by atoms with van der Waals surface area (Å²) < 4.78 is 0.654. The molecule has 3 aliphatic rings. The number of carbonyl (C=O) groups is 2. The average Bonchev–Trinajstić information content (AvgIpc) is 2.76. The summed E-state index contributed by atoms with van der Waals surface area (Å²) in [6.07, 6.45) is 8.94. The number of hydrogen-bond donors (Lipinski definition) is 1. The van der Waals surface area contributed by atoms with Crippen LogP contribution in [0.2, 0.25) is 0 Å². The molecule has 164 valence electrons. The quantitative estimate of drug-likeness (QED) is 0.576.